The van der Waals surface area contributed by atoms with Crippen LogP contribution in [0.1, 0.15) is 0 Å². The third kappa shape index (κ3) is 1.40. The smallest absolute Gasteiger partial charge is 0.214 e. The summed E-state index contributed by atoms with van der Waals surface area (Å²) in [5, 5.41) is 14.3. The average Bonchev–Trinajstić information content (AvgIpc) is 2.82. The lowest BCUT2D eigenvalue weighted by Crippen LogP contribution is -1.98. The van der Waals surface area contributed by atoms with Crippen LogP contribution in [0.4, 0.5) is 0 Å². The van der Waals surface area contributed by atoms with E-state index in [0.717, 1.165) is 15.0 Å². The fourth-order valence-corrected chi connectivity index (χ4v) is 2.49. The summed E-state index contributed by atoms with van der Waals surface area (Å²) in [6, 6.07) is 9.01. The van der Waals surface area contributed by atoms with Crippen molar-refractivity contribution in [2.24, 2.45) is 0 Å². The third-order valence-corrected chi connectivity index (χ3v) is 3.30. The quantitative estimate of drug-likeness (QED) is 0.686. The van der Waals surface area contributed by atoms with Crippen molar-refractivity contribution in [3.8, 4) is 10.7 Å². The van der Waals surface area contributed by atoms with E-state index in [1.54, 1.807) is 0 Å². The summed E-state index contributed by atoms with van der Waals surface area (Å²) >= 11 is 1.47. The third-order valence-electron chi connectivity index (χ3n) is 2.20. The average molecular weight is 230 g/mol. The minimum Gasteiger partial charge on any atom is -0.289 e. The summed E-state index contributed by atoms with van der Waals surface area (Å²) in [4.78, 5) is 12.5. The van der Waals surface area contributed by atoms with Crippen molar-refractivity contribution in [3.05, 3.63) is 40.6 Å². The van der Waals surface area contributed by atoms with Gasteiger partial charge in [-0.2, -0.15) is 5.21 Å². The van der Waals surface area contributed by atoms with E-state index in [4.69, 9.17) is 0 Å². The van der Waals surface area contributed by atoms with Gasteiger partial charge in [-0.25, -0.2) is 0 Å². The van der Waals surface area contributed by atoms with Gasteiger partial charge in [-0.3, -0.25) is 4.79 Å². The first-order chi connectivity index (χ1) is 7.84. The van der Waals surface area contributed by atoms with E-state index in [0.29, 0.717) is 5.82 Å². The lowest BCUT2D eigenvalue weighted by Gasteiger charge is -1.97. The highest BCUT2D eigenvalue weighted by molar-refractivity contribution is 7.21. The number of fused-ring (bicyclic) bond motifs is 1. The predicted octanol–water partition coefficient (Wildman–Crippen LogP) is 1.44. The lowest BCUT2D eigenvalue weighted by molar-refractivity contribution is 0.881. The summed E-state index contributed by atoms with van der Waals surface area (Å²) < 4.78 is 0.926. The topological polar surface area (TPSA) is 71.5 Å². The molecule has 0 saturated heterocycles. The van der Waals surface area contributed by atoms with Gasteiger partial charge < -0.3 is 0 Å². The molecule has 0 aliphatic carbocycles. The highest BCUT2D eigenvalue weighted by Gasteiger charge is 2.07. The summed E-state index contributed by atoms with van der Waals surface area (Å²) in [5.41, 5.74) is -0.0193. The number of aromatic nitrogens is 4. The van der Waals surface area contributed by atoms with Crippen LogP contribution < -0.4 is 5.43 Å². The molecule has 1 aromatic carbocycles. The zero-order valence-electron chi connectivity index (χ0n) is 8.04. The fraction of sp³-hybridized carbons (Fsp3) is 0. The summed E-state index contributed by atoms with van der Waals surface area (Å²) in [7, 11) is 0. The molecule has 0 saturated carbocycles. The molecule has 16 heavy (non-hydrogen) atoms. The van der Waals surface area contributed by atoms with Crippen LogP contribution >= 0.6 is 11.3 Å². The van der Waals surface area contributed by atoms with Gasteiger partial charge >= 0.3 is 0 Å². The van der Waals surface area contributed by atoms with Crippen LogP contribution in [-0.4, -0.2) is 20.6 Å². The molecular formula is C10H6N4OS. The molecule has 1 N–H and O–H groups in total. The Balaban J connectivity index is 2.34. The second kappa shape index (κ2) is 3.49. The van der Waals surface area contributed by atoms with Gasteiger partial charge in [0.05, 0.1) is 4.88 Å². The Labute approximate surface area is 93.8 Å². The molecule has 2 aromatic heterocycles. The molecule has 5 nitrogen and oxygen atoms in total. The number of hydrogen-bond donors (Lipinski definition) is 1. The zero-order chi connectivity index (χ0) is 11.0. The Kier molecular flexibility index (Phi) is 2.00. The van der Waals surface area contributed by atoms with Crippen molar-refractivity contribution in [2.45, 2.75) is 0 Å². The number of benzene rings is 1. The Bertz CT molecular complexity index is 689. The number of H-pyrrole nitrogens is 1. The van der Waals surface area contributed by atoms with Gasteiger partial charge in [0, 0.05) is 16.2 Å². The second-order valence-corrected chi connectivity index (χ2v) is 4.29. The minimum absolute atomic E-state index is 0.0193. The molecule has 0 aliphatic heterocycles. The Hall–Kier alpha value is -2.08. The van der Waals surface area contributed by atoms with E-state index in [9.17, 15) is 4.79 Å². The first-order valence-electron chi connectivity index (χ1n) is 4.61. The van der Waals surface area contributed by atoms with Gasteiger partial charge in [0.1, 0.15) is 0 Å². The minimum atomic E-state index is -0.0193. The molecule has 0 radical (unpaired) electrons. The molecule has 0 bridgehead atoms. The molecule has 0 fully saturated rings. The maximum absolute atomic E-state index is 11.8. The maximum atomic E-state index is 11.8. The highest BCUT2D eigenvalue weighted by atomic mass is 32.1. The number of nitrogens with one attached hydrogen (secondary N) is 1. The molecule has 6 heteroatoms. The lowest BCUT2D eigenvalue weighted by atomic mass is 10.2. The Morgan fingerprint density at radius 3 is 2.94 bits per heavy atom. The van der Waals surface area contributed by atoms with Gasteiger partial charge in [0.15, 0.2) is 5.43 Å². The van der Waals surface area contributed by atoms with E-state index in [2.05, 4.69) is 20.6 Å². The highest BCUT2D eigenvalue weighted by Crippen LogP contribution is 2.24. The van der Waals surface area contributed by atoms with E-state index >= 15 is 0 Å². The van der Waals surface area contributed by atoms with E-state index in [-0.39, 0.29) is 5.43 Å². The second-order valence-electron chi connectivity index (χ2n) is 3.21. The van der Waals surface area contributed by atoms with Crippen molar-refractivity contribution >= 4 is 21.4 Å². The van der Waals surface area contributed by atoms with Crippen LogP contribution in [0.5, 0.6) is 0 Å². The summed E-state index contributed by atoms with van der Waals surface area (Å²) in [5.74, 6) is 0.452. The summed E-state index contributed by atoms with van der Waals surface area (Å²) in [6.07, 6.45) is 0. The largest absolute Gasteiger partial charge is 0.289 e. The van der Waals surface area contributed by atoms with Crippen molar-refractivity contribution in [1.82, 2.24) is 20.6 Å². The number of hydrogen-bond acceptors (Lipinski definition) is 5. The molecule has 2 heterocycles. The SMILES string of the molecule is O=c1cc(-c2nn[nH]n2)sc2ccccc12. The van der Waals surface area contributed by atoms with Crippen LogP contribution in [0.2, 0.25) is 0 Å². The van der Waals surface area contributed by atoms with E-state index in [1.165, 1.54) is 17.4 Å². The molecule has 78 valence electrons. The van der Waals surface area contributed by atoms with Gasteiger partial charge in [-0.15, -0.1) is 21.5 Å². The standard InChI is InChI=1S/C10H6N4OS/c15-7-5-9(10-11-13-14-12-10)16-8-4-2-1-3-6(7)8/h1-5H,(H,11,12,13,14). The molecule has 3 aromatic rings. The number of aromatic amines is 1. The summed E-state index contributed by atoms with van der Waals surface area (Å²) in [6.45, 7) is 0. The van der Waals surface area contributed by atoms with Crippen LogP contribution in [-0.2, 0) is 0 Å². The molecule has 0 atom stereocenters. The van der Waals surface area contributed by atoms with Gasteiger partial charge in [-0.1, -0.05) is 12.1 Å². The van der Waals surface area contributed by atoms with Crippen LogP contribution in [0.25, 0.3) is 20.8 Å². The molecule has 0 spiro atoms. The molecule has 0 amide bonds. The maximum Gasteiger partial charge on any atom is 0.214 e. The van der Waals surface area contributed by atoms with Gasteiger partial charge in [-0.05, 0) is 17.3 Å². The predicted molar refractivity (Wildman–Crippen MR) is 61.3 cm³/mol. The van der Waals surface area contributed by atoms with Crippen molar-refractivity contribution in [2.75, 3.05) is 0 Å². The number of tetrazole rings is 1. The van der Waals surface area contributed by atoms with E-state index in [1.807, 2.05) is 24.3 Å². The van der Waals surface area contributed by atoms with Crippen LogP contribution in [0.3, 0.4) is 0 Å². The number of rotatable bonds is 1. The van der Waals surface area contributed by atoms with Crippen LogP contribution in [0, 0.1) is 0 Å². The molecular weight excluding hydrogens is 224 g/mol. The Morgan fingerprint density at radius 2 is 2.12 bits per heavy atom. The molecule has 3 rings (SSSR count). The van der Waals surface area contributed by atoms with Gasteiger partial charge in [0.2, 0.25) is 5.82 Å². The zero-order valence-corrected chi connectivity index (χ0v) is 8.86. The first-order valence-corrected chi connectivity index (χ1v) is 5.43. The van der Waals surface area contributed by atoms with Crippen molar-refractivity contribution in [3.63, 3.8) is 0 Å². The van der Waals surface area contributed by atoms with Crippen molar-refractivity contribution in [1.29, 1.82) is 0 Å². The Morgan fingerprint density at radius 1 is 1.25 bits per heavy atom. The molecule has 0 aliphatic rings. The normalized spacial score (nSPS) is 10.8. The molecule has 0 unspecified atom stereocenters. The fourth-order valence-electron chi connectivity index (χ4n) is 1.48. The van der Waals surface area contributed by atoms with Crippen molar-refractivity contribution < 1.29 is 0 Å². The first kappa shape index (κ1) is 9.17. The monoisotopic (exact) mass is 230 g/mol. The van der Waals surface area contributed by atoms with E-state index < -0.39 is 0 Å². The van der Waals surface area contributed by atoms with Crippen LogP contribution in [0.15, 0.2) is 35.1 Å². The number of nitrogens with zero attached hydrogens (tertiary/aromatic N) is 3. The van der Waals surface area contributed by atoms with Gasteiger partial charge in [0.25, 0.3) is 0 Å².